The first kappa shape index (κ1) is 14.4. The van der Waals surface area contributed by atoms with Crippen molar-refractivity contribution in [3.63, 3.8) is 0 Å². The molecule has 0 aromatic carbocycles. The number of nitrogens with zero attached hydrogens (tertiary/aromatic N) is 2. The number of hydrogen-bond donors (Lipinski definition) is 0. The lowest BCUT2D eigenvalue weighted by Gasteiger charge is -2.19. The van der Waals surface area contributed by atoms with E-state index in [1.807, 2.05) is 0 Å². The van der Waals surface area contributed by atoms with E-state index in [9.17, 15) is 22.0 Å². The third kappa shape index (κ3) is 3.52. The van der Waals surface area contributed by atoms with Gasteiger partial charge in [-0.2, -0.15) is 26.9 Å². The standard InChI is InChI=1S/C10H8BrF5N2O/c11-6-3-7(18-8(17-6)5-1-2-5)19-4-9(12,13)10(14,15)16/h3,5H,1-2,4H2. The average molecular weight is 347 g/mol. The van der Waals surface area contributed by atoms with Crippen LogP contribution in [-0.2, 0) is 0 Å². The molecular formula is C10H8BrF5N2O. The van der Waals surface area contributed by atoms with Gasteiger partial charge >= 0.3 is 12.1 Å². The molecule has 19 heavy (non-hydrogen) atoms. The van der Waals surface area contributed by atoms with Gasteiger partial charge in [0.25, 0.3) is 0 Å². The van der Waals surface area contributed by atoms with Crippen LogP contribution in [0.25, 0.3) is 0 Å². The molecule has 0 unspecified atom stereocenters. The van der Waals surface area contributed by atoms with Gasteiger partial charge in [-0.1, -0.05) is 0 Å². The van der Waals surface area contributed by atoms with Gasteiger partial charge in [-0.25, -0.2) is 4.98 Å². The SMILES string of the molecule is FC(F)(F)C(F)(F)COc1cc(Br)nc(C2CC2)n1. The second kappa shape index (κ2) is 4.84. The number of hydrogen-bond acceptors (Lipinski definition) is 3. The summed E-state index contributed by atoms with van der Waals surface area (Å²) < 4.78 is 66.0. The molecule has 0 N–H and O–H groups in total. The Morgan fingerprint density at radius 1 is 1.21 bits per heavy atom. The topological polar surface area (TPSA) is 35.0 Å². The third-order valence-corrected chi connectivity index (χ3v) is 2.85. The maximum atomic E-state index is 12.7. The van der Waals surface area contributed by atoms with Gasteiger partial charge in [-0.15, -0.1) is 0 Å². The number of alkyl halides is 5. The molecule has 1 aliphatic rings. The maximum Gasteiger partial charge on any atom is 0.456 e. The summed E-state index contributed by atoms with van der Waals surface area (Å²) >= 11 is 3.03. The number of rotatable bonds is 4. The summed E-state index contributed by atoms with van der Waals surface area (Å²) in [6.45, 7) is -1.80. The smallest absolute Gasteiger partial charge is 0.456 e. The molecule has 9 heteroatoms. The Morgan fingerprint density at radius 2 is 1.84 bits per heavy atom. The molecule has 2 rings (SSSR count). The molecule has 1 saturated carbocycles. The van der Waals surface area contributed by atoms with Crippen molar-refractivity contribution in [2.45, 2.75) is 30.9 Å². The molecule has 0 aliphatic heterocycles. The van der Waals surface area contributed by atoms with E-state index in [4.69, 9.17) is 0 Å². The second-order valence-corrected chi connectivity index (χ2v) is 4.96. The fraction of sp³-hybridized carbons (Fsp3) is 0.600. The summed E-state index contributed by atoms with van der Waals surface area (Å²) in [5.41, 5.74) is 0. The Hall–Kier alpha value is -0.990. The van der Waals surface area contributed by atoms with Gasteiger partial charge in [0, 0.05) is 12.0 Å². The van der Waals surface area contributed by atoms with Crippen molar-refractivity contribution in [1.29, 1.82) is 0 Å². The summed E-state index contributed by atoms with van der Waals surface area (Å²) in [5, 5.41) is 0. The molecule has 0 amide bonds. The molecular weight excluding hydrogens is 339 g/mol. The van der Waals surface area contributed by atoms with Crippen molar-refractivity contribution < 1.29 is 26.7 Å². The molecule has 1 fully saturated rings. The minimum atomic E-state index is -5.64. The molecule has 1 aliphatic carbocycles. The van der Waals surface area contributed by atoms with Crippen LogP contribution in [0.15, 0.2) is 10.7 Å². The van der Waals surface area contributed by atoms with E-state index >= 15 is 0 Å². The molecule has 1 heterocycles. The van der Waals surface area contributed by atoms with Crippen molar-refractivity contribution in [3.8, 4) is 5.88 Å². The van der Waals surface area contributed by atoms with Crippen molar-refractivity contribution >= 4 is 15.9 Å². The molecule has 1 aromatic heterocycles. The highest BCUT2D eigenvalue weighted by atomic mass is 79.9. The lowest BCUT2D eigenvalue weighted by atomic mass is 10.3. The molecule has 0 saturated heterocycles. The first-order valence-corrected chi connectivity index (χ1v) is 6.10. The van der Waals surface area contributed by atoms with Gasteiger partial charge < -0.3 is 4.74 Å². The predicted molar refractivity (Wildman–Crippen MR) is 58.2 cm³/mol. The minimum Gasteiger partial charge on any atom is -0.471 e. The molecule has 0 radical (unpaired) electrons. The largest absolute Gasteiger partial charge is 0.471 e. The monoisotopic (exact) mass is 346 g/mol. The van der Waals surface area contributed by atoms with Crippen molar-refractivity contribution in [2.24, 2.45) is 0 Å². The molecule has 106 valence electrons. The molecule has 0 spiro atoms. The highest BCUT2D eigenvalue weighted by Gasteiger charge is 2.58. The zero-order valence-electron chi connectivity index (χ0n) is 9.35. The Labute approximate surface area is 113 Å². The Balaban J connectivity index is 2.07. The zero-order valence-corrected chi connectivity index (χ0v) is 10.9. The van der Waals surface area contributed by atoms with Crippen LogP contribution in [0.3, 0.4) is 0 Å². The van der Waals surface area contributed by atoms with Crippen LogP contribution >= 0.6 is 15.9 Å². The van der Waals surface area contributed by atoms with Crippen LogP contribution < -0.4 is 4.74 Å². The maximum absolute atomic E-state index is 12.7. The fourth-order valence-electron chi connectivity index (χ4n) is 1.26. The highest BCUT2D eigenvalue weighted by Crippen LogP contribution is 2.39. The summed E-state index contributed by atoms with van der Waals surface area (Å²) in [5.74, 6) is -4.69. The fourth-order valence-corrected chi connectivity index (χ4v) is 1.64. The van der Waals surface area contributed by atoms with Crippen LogP contribution in [-0.4, -0.2) is 28.7 Å². The first-order valence-electron chi connectivity index (χ1n) is 5.31. The summed E-state index contributed by atoms with van der Waals surface area (Å²) in [6, 6.07) is 1.15. The van der Waals surface area contributed by atoms with Crippen LogP contribution in [0.4, 0.5) is 22.0 Å². The normalized spacial score (nSPS) is 16.5. The predicted octanol–water partition coefficient (Wildman–Crippen LogP) is 3.69. The minimum absolute atomic E-state index is 0.128. The van der Waals surface area contributed by atoms with E-state index in [0.717, 1.165) is 18.9 Å². The zero-order chi connectivity index (χ0) is 14.3. The number of ether oxygens (including phenoxy) is 1. The van der Waals surface area contributed by atoms with E-state index in [1.54, 1.807) is 0 Å². The summed E-state index contributed by atoms with van der Waals surface area (Å²) in [4.78, 5) is 7.82. The van der Waals surface area contributed by atoms with Gasteiger partial charge in [-0.3, -0.25) is 0 Å². The van der Waals surface area contributed by atoms with E-state index in [2.05, 4.69) is 30.6 Å². The molecule has 0 bridgehead atoms. The lowest BCUT2D eigenvalue weighted by molar-refractivity contribution is -0.290. The van der Waals surface area contributed by atoms with Crippen molar-refractivity contribution in [1.82, 2.24) is 9.97 Å². The summed E-state index contributed by atoms with van der Waals surface area (Å²) in [7, 11) is 0. The second-order valence-electron chi connectivity index (χ2n) is 4.15. The Bertz CT molecular complexity index is 475. The van der Waals surface area contributed by atoms with Gasteiger partial charge in [0.15, 0.2) is 6.61 Å². The van der Waals surface area contributed by atoms with E-state index < -0.39 is 18.7 Å². The quantitative estimate of drug-likeness (QED) is 0.616. The average Bonchev–Trinajstić information content (AvgIpc) is 3.08. The molecule has 1 aromatic rings. The van der Waals surface area contributed by atoms with Gasteiger partial charge in [0.2, 0.25) is 5.88 Å². The van der Waals surface area contributed by atoms with Crippen molar-refractivity contribution in [2.75, 3.05) is 6.61 Å². The highest BCUT2D eigenvalue weighted by molar-refractivity contribution is 9.10. The van der Waals surface area contributed by atoms with E-state index in [-0.39, 0.29) is 16.4 Å². The number of halogens is 6. The van der Waals surface area contributed by atoms with E-state index in [0.29, 0.717) is 5.82 Å². The van der Waals surface area contributed by atoms with E-state index in [1.165, 1.54) is 0 Å². The third-order valence-electron chi connectivity index (χ3n) is 2.45. The van der Waals surface area contributed by atoms with Crippen LogP contribution in [0.2, 0.25) is 0 Å². The summed E-state index contributed by atoms with van der Waals surface area (Å²) in [6.07, 6.45) is -3.90. The lowest BCUT2D eigenvalue weighted by Crippen LogP contribution is -2.41. The Morgan fingerprint density at radius 3 is 2.37 bits per heavy atom. The van der Waals surface area contributed by atoms with Crippen LogP contribution in [0, 0.1) is 0 Å². The Kier molecular flexibility index (Phi) is 3.67. The van der Waals surface area contributed by atoms with Crippen molar-refractivity contribution in [3.05, 3.63) is 16.5 Å². The molecule has 3 nitrogen and oxygen atoms in total. The van der Waals surface area contributed by atoms with Crippen LogP contribution in [0.5, 0.6) is 5.88 Å². The first-order chi connectivity index (χ1) is 8.69. The number of aromatic nitrogens is 2. The van der Waals surface area contributed by atoms with Gasteiger partial charge in [-0.05, 0) is 28.8 Å². The molecule has 0 atom stereocenters. The van der Waals surface area contributed by atoms with Gasteiger partial charge in [0.1, 0.15) is 10.4 Å². The van der Waals surface area contributed by atoms with Crippen LogP contribution in [0.1, 0.15) is 24.6 Å². The van der Waals surface area contributed by atoms with Gasteiger partial charge in [0.05, 0.1) is 0 Å².